The molecule has 7 heteroatoms. The molecule has 2 aromatic rings. The third kappa shape index (κ3) is 4.26. The number of amides is 1. The summed E-state index contributed by atoms with van der Waals surface area (Å²) >= 11 is 0. The highest BCUT2D eigenvalue weighted by Crippen LogP contribution is 2.22. The number of rotatable bonds is 6. The molecule has 0 radical (unpaired) electrons. The van der Waals surface area contributed by atoms with Crippen molar-refractivity contribution in [2.24, 2.45) is 0 Å². The number of carbonyl (C=O) groups excluding carboxylic acids is 1. The van der Waals surface area contributed by atoms with E-state index in [9.17, 15) is 13.2 Å². The fourth-order valence-electron chi connectivity index (χ4n) is 2.07. The van der Waals surface area contributed by atoms with Crippen LogP contribution in [0.15, 0.2) is 53.4 Å². The average Bonchev–Trinajstić information content (AvgIpc) is 2.54. The van der Waals surface area contributed by atoms with E-state index in [1.165, 1.54) is 19.2 Å². The molecule has 128 valence electrons. The number of ether oxygens (including phenoxy) is 1. The van der Waals surface area contributed by atoms with Crippen LogP contribution in [0.3, 0.4) is 0 Å². The van der Waals surface area contributed by atoms with E-state index in [4.69, 9.17) is 4.74 Å². The molecular formula is C17H20N2O4S. The van der Waals surface area contributed by atoms with Crippen LogP contribution in [0.4, 0.5) is 5.69 Å². The molecule has 0 atom stereocenters. The minimum absolute atomic E-state index is 0.0521. The monoisotopic (exact) mass is 348 g/mol. The van der Waals surface area contributed by atoms with Gasteiger partial charge in [-0.3, -0.25) is 9.52 Å². The van der Waals surface area contributed by atoms with Crippen molar-refractivity contribution in [1.29, 1.82) is 0 Å². The lowest BCUT2D eigenvalue weighted by Gasteiger charge is -2.14. The first-order valence-corrected chi connectivity index (χ1v) is 8.88. The molecule has 0 aliphatic rings. The largest absolute Gasteiger partial charge is 0.497 e. The average molecular weight is 348 g/mol. The molecule has 1 amide bonds. The summed E-state index contributed by atoms with van der Waals surface area (Å²) in [5.41, 5.74) is 0.495. The van der Waals surface area contributed by atoms with Gasteiger partial charge in [-0.05, 0) is 50.2 Å². The van der Waals surface area contributed by atoms with Crippen LogP contribution in [0.25, 0.3) is 0 Å². The highest BCUT2D eigenvalue weighted by molar-refractivity contribution is 7.92. The molecule has 0 spiro atoms. The van der Waals surface area contributed by atoms with E-state index < -0.39 is 10.0 Å². The van der Waals surface area contributed by atoms with Gasteiger partial charge in [-0.2, -0.15) is 0 Å². The van der Waals surface area contributed by atoms with Gasteiger partial charge in [0.15, 0.2) is 0 Å². The molecule has 0 unspecified atom stereocenters. The predicted octanol–water partition coefficient (Wildman–Crippen LogP) is 2.63. The van der Waals surface area contributed by atoms with Gasteiger partial charge in [0.05, 0.1) is 23.3 Å². The minimum Gasteiger partial charge on any atom is -0.497 e. The number of anilines is 1. The summed E-state index contributed by atoms with van der Waals surface area (Å²) in [4.78, 5) is 12.3. The summed E-state index contributed by atoms with van der Waals surface area (Å²) in [5, 5.41) is 2.75. The molecule has 0 aliphatic carbocycles. The third-order valence-corrected chi connectivity index (χ3v) is 4.59. The Morgan fingerprint density at radius 1 is 1.04 bits per heavy atom. The normalized spacial score (nSPS) is 11.2. The van der Waals surface area contributed by atoms with Crippen LogP contribution in [0.2, 0.25) is 0 Å². The Morgan fingerprint density at radius 2 is 1.67 bits per heavy atom. The summed E-state index contributed by atoms with van der Waals surface area (Å²) in [6.07, 6.45) is 0. The minimum atomic E-state index is -3.81. The van der Waals surface area contributed by atoms with Crippen molar-refractivity contribution in [3.8, 4) is 5.75 Å². The predicted molar refractivity (Wildman–Crippen MR) is 92.8 cm³/mol. The highest BCUT2D eigenvalue weighted by atomic mass is 32.2. The van der Waals surface area contributed by atoms with Gasteiger partial charge in [0.1, 0.15) is 5.75 Å². The Kier molecular flexibility index (Phi) is 5.46. The van der Waals surface area contributed by atoms with Crippen LogP contribution < -0.4 is 14.8 Å². The van der Waals surface area contributed by atoms with Crippen molar-refractivity contribution in [3.05, 3.63) is 54.1 Å². The zero-order valence-corrected chi connectivity index (χ0v) is 14.6. The summed E-state index contributed by atoms with van der Waals surface area (Å²) in [6.45, 7) is 3.67. The molecule has 0 fully saturated rings. The molecule has 6 nitrogen and oxygen atoms in total. The Hall–Kier alpha value is -2.54. The zero-order valence-electron chi connectivity index (χ0n) is 13.7. The topological polar surface area (TPSA) is 84.5 Å². The van der Waals surface area contributed by atoms with Gasteiger partial charge in [-0.1, -0.05) is 12.1 Å². The standard InChI is InChI=1S/C17H20N2O4S/c1-12(2)18-17(20)15-6-4-5-7-16(15)19-24(21,22)14-10-8-13(23-3)9-11-14/h4-12,19H,1-3H3,(H,18,20). The number of carbonyl (C=O) groups is 1. The number of hydrogen-bond donors (Lipinski definition) is 2. The molecule has 0 saturated carbocycles. The molecule has 24 heavy (non-hydrogen) atoms. The van der Waals surface area contributed by atoms with E-state index >= 15 is 0 Å². The lowest BCUT2D eigenvalue weighted by Crippen LogP contribution is -2.31. The first kappa shape index (κ1) is 17.8. The van der Waals surface area contributed by atoms with E-state index in [1.807, 2.05) is 13.8 Å². The second kappa shape index (κ2) is 7.35. The Balaban J connectivity index is 2.31. The van der Waals surface area contributed by atoms with Gasteiger partial charge >= 0.3 is 0 Å². The fourth-order valence-corrected chi connectivity index (χ4v) is 3.15. The van der Waals surface area contributed by atoms with Gasteiger partial charge in [0.25, 0.3) is 15.9 Å². The molecule has 0 aromatic heterocycles. The van der Waals surface area contributed by atoms with Crippen molar-refractivity contribution in [2.45, 2.75) is 24.8 Å². The van der Waals surface area contributed by atoms with Crippen molar-refractivity contribution in [1.82, 2.24) is 5.32 Å². The maximum absolute atomic E-state index is 12.5. The number of para-hydroxylation sites is 1. The van der Waals surface area contributed by atoms with E-state index in [2.05, 4.69) is 10.0 Å². The Labute approximate surface area is 141 Å². The van der Waals surface area contributed by atoms with Gasteiger partial charge in [0.2, 0.25) is 0 Å². The van der Waals surface area contributed by atoms with E-state index in [-0.39, 0.29) is 28.1 Å². The molecule has 2 aromatic carbocycles. The lowest BCUT2D eigenvalue weighted by molar-refractivity contribution is 0.0944. The first-order valence-electron chi connectivity index (χ1n) is 7.40. The van der Waals surface area contributed by atoms with Crippen LogP contribution in [-0.2, 0) is 10.0 Å². The smallest absolute Gasteiger partial charge is 0.261 e. The second-order valence-corrected chi connectivity index (χ2v) is 7.14. The molecule has 0 aliphatic heterocycles. The van der Waals surface area contributed by atoms with E-state index in [0.29, 0.717) is 5.75 Å². The number of benzene rings is 2. The molecule has 2 N–H and O–H groups in total. The maximum atomic E-state index is 12.5. The fraction of sp³-hybridized carbons (Fsp3) is 0.235. The number of methoxy groups -OCH3 is 1. The molecule has 0 bridgehead atoms. The number of hydrogen-bond acceptors (Lipinski definition) is 4. The molecule has 0 saturated heterocycles. The van der Waals surface area contributed by atoms with Crippen LogP contribution >= 0.6 is 0 Å². The molecular weight excluding hydrogens is 328 g/mol. The number of nitrogens with one attached hydrogen (secondary N) is 2. The quantitative estimate of drug-likeness (QED) is 0.840. The van der Waals surface area contributed by atoms with E-state index in [1.54, 1.807) is 36.4 Å². The van der Waals surface area contributed by atoms with Crippen LogP contribution in [0, 0.1) is 0 Å². The van der Waals surface area contributed by atoms with Crippen LogP contribution in [-0.4, -0.2) is 27.5 Å². The maximum Gasteiger partial charge on any atom is 0.261 e. The zero-order chi connectivity index (χ0) is 17.7. The van der Waals surface area contributed by atoms with E-state index in [0.717, 1.165) is 0 Å². The molecule has 2 rings (SSSR count). The van der Waals surface area contributed by atoms with Crippen molar-refractivity contribution >= 4 is 21.6 Å². The third-order valence-electron chi connectivity index (χ3n) is 3.21. The summed E-state index contributed by atoms with van der Waals surface area (Å²) in [6, 6.07) is 12.4. The highest BCUT2D eigenvalue weighted by Gasteiger charge is 2.18. The van der Waals surface area contributed by atoms with Crippen molar-refractivity contribution < 1.29 is 17.9 Å². The van der Waals surface area contributed by atoms with Gasteiger partial charge in [-0.25, -0.2) is 8.42 Å². The number of sulfonamides is 1. The van der Waals surface area contributed by atoms with Crippen LogP contribution in [0.5, 0.6) is 5.75 Å². The van der Waals surface area contributed by atoms with Crippen molar-refractivity contribution in [2.75, 3.05) is 11.8 Å². The summed E-state index contributed by atoms with van der Waals surface area (Å²) in [7, 11) is -2.30. The van der Waals surface area contributed by atoms with Crippen molar-refractivity contribution in [3.63, 3.8) is 0 Å². The van der Waals surface area contributed by atoms with Gasteiger partial charge in [0, 0.05) is 6.04 Å². The van der Waals surface area contributed by atoms with Crippen LogP contribution in [0.1, 0.15) is 24.2 Å². The molecule has 0 heterocycles. The SMILES string of the molecule is COc1ccc(S(=O)(=O)Nc2ccccc2C(=O)NC(C)C)cc1. The van der Waals surface area contributed by atoms with Gasteiger partial charge < -0.3 is 10.1 Å². The summed E-state index contributed by atoms with van der Waals surface area (Å²) in [5.74, 6) is 0.226. The first-order chi connectivity index (χ1) is 11.3. The van der Waals surface area contributed by atoms with Gasteiger partial charge in [-0.15, -0.1) is 0 Å². The summed E-state index contributed by atoms with van der Waals surface area (Å²) < 4.78 is 32.5. The lowest BCUT2D eigenvalue weighted by atomic mass is 10.1. The second-order valence-electron chi connectivity index (χ2n) is 5.45. The Bertz CT molecular complexity index is 815. The Morgan fingerprint density at radius 3 is 2.25 bits per heavy atom.